The number of aliphatic hydroxyl groups is 1. The summed E-state index contributed by atoms with van der Waals surface area (Å²) in [5.41, 5.74) is 0.912. The molecule has 28 heavy (non-hydrogen) atoms. The average molecular weight is 412 g/mol. The van der Waals surface area contributed by atoms with Gasteiger partial charge in [-0.1, -0.05) is 36.0 Å². The molecule has 5 nitrogen and oxygen atoms in total. The van der Waals surface area contributed by atoms with Crippen molar-refractivity contribution in [3.8, 4) is 0 Å². The van der Waals surface area contributed by atoms with Gasteiger partial charge in [-0.25, -0.2) is 0 Å². The van der Waals surface area contributed by atoms with E-state index in [-0.39, 0.29) is 18.7 Å². The minimum Gasteiger partial charge on any atom is -0.452 e. The topological polar surface area (TPSA) is 61.5 Å². The van der Waals surface area contributed by atoms with Crippen LogP contribution in [0.15, 0.2) is 81.3 Å². The van der Waals surface area contributed by atoms with Crippen LogP contribution < -0.4 is 5.32 Å². The van der Waals surface area contributed by atoms with Crippen LogP contribution >= 0.6 is 24.0 Å². The molecule has 0 amide bonds. The van der Waals surface area contributed by atoms with Crippen LogP contribution in [0.3, 0.4) is 0 Å². The molecule has 1 aliphatic rings. The summed E-state index contributed by atoms with van der Waals surface area (Å²) in [6.45, 7) is 0.769. The fraction of sp³-hybridized carbons (Fsp3) is 0.238. The van der Waals surface area contributed by atoms with Crippen molar-refractivity contribution < 1.29 is 9.52 Å². The zero-order valence-corrected chi connectivity index (χ0v) is 16.8. The van der Waals surface area contributed by atoms with Crippen LogP contribution in [-0.2, 0) is 0 Å². The lowest BCUT2D eigenvalue weighted by molar-refractivity contribution is 0.226. The predicted molar refractivity (Wildman–Crippen MR) is 113 cm³/mol. The molecule has 3 aromatic rings. The van der Waals surface area contributed by atoms with Gasteiger partial charge in [-0.2, -0.15) is 0 Å². The number of thiocarbonyl (C=S) groups is 1. The van der Waals surface area contributed by atoms with Gasteiger partial charge in [0.05, 0.1) is 11.7 Å². The summed E-state index contributed by atoms with van der Waals surface area (Å²) >= 11 is 7.17. The Balaban J connectivity index is 1.63. The van der Waals surface area contributed by atoms with Gasteiger partial charge in [0.25, 0.3) is 0 Å². The van der Waals surface area contributed by atoms with Gasteiger partial charge >= 0.3 is 0 Å². The second-order valence-corrected chi connectivity index (χ2v) is 7.93. The molecular weight excluding hydrogens is 390 g/mol. The van der Waals surface area contributed by atoms with Crippen LogP contribution in [0.5, 0.6) is 0 Å². The van der Waals surface area contributed by atoms with E-state index in [1.54, 1.807) is 18.0 Å². The summed E-state index contributed by atoms with van der Waals surface area (Å²) in [5, 5.41) is 14.2. The number of pyridine rings is 1. The SMILES string of the molecule is OCCCN1C(=S)NC(c2ccccn2)C1c1ccc(Sc2ccccc2)o1. The highest BCUT2D eigenvalue weighted by Crippen LogP contribution is 2.41. The first-order valence-corrected chi connectivity index (χ1v) is 10.4. The fourth-order valence-corrected chi connectivity index (χ4v) is 4.48. The van der Waals surface area contributed by atoms with Crippen molar-refractivity contribution in [3.63, 3.8) is 0 Å². The van der Waals surface area contributed by atoms with Gasteiger partial charge in [0, 0.05) is 24.2 Å². The van der Waals surface area contributed by atoms with E-state index in [2.05, 4.69) is 27.3 Å². The van der Waals surface area contributed by atoms with Crippen molar-refractivity contribution in [1.82, 2.24) is 15.2 Å². The molecule has 0 spiro atoms. The van der Waals surface area contributed by atoms with Crippen molar-refractivity contribution >= 4 is 29.1 Å². The van der Waals surface area contributed by atoms with Crippen LogP contribution in [0.4, 0.5) is 0 Å². The van der Waals surface area contributed by atoms with Gasteiger partial charge in [0.1, 0.15) is 11.8 Å². The van der Waals surface area contributed by atoms with Gasteiger partial charge in [-0.3, -0.25) is 4.98 Å². The Bertz CT molecular complexity index is 918. The second-order valence-electron chi connectivity index (χ2n) is 6.47. The normalized spacial score (nSPS) is 19.0. The van der Waals surface area contributed by atoms with Gasteiger partial charge in [-0.05, 0) is 55.0 Å². The third-order valence-corrected chi connectivity index (χ3v) is 5.89. The molecule has 4 rings (SSSR count). The summed E-state index contributed by atoms with van der Waals surface area (Å²) in [6.07, 6.45) is 2.42. The van der Waals surface area contributed by atoms with E-state index in [0.717, 1.165) is 21.4 Å². The smallest absolute Gasteiger partial charge is 0.170 e. The number of aromatic nitrogens is 1. The number of furan rings is 1. The van der Waals surface area contributed by atoms with Crippen molar-refractivity contribution in [3.05, 3.63) is 78.3 Å². The molecule has 1 aromatic carbocycles. The molecule has 1 saturated heterocycles. The van der Waals surface area contributed by atoms with E-state index in [1.807, 2.05) is 48.5 Å². The zero-order chi connectivity index (χ0) is 19.3. The molecule has 2 aromatic heterocycles. The average Bonchev–Trinajstić information content (AvgIpc) is 3.31. The van der Waals surface area contributed by atoms with Gasteiger partial charge in [0.2, 0.25) is 0 Å². The summed E-state index contributed by atoms with van der Waals surface area (Å²) in [5.74, 6) is 0.833. The van der Waals surface area contributed by atoms with Crippen LogP contribution in [0, 0.1) is 0 Å². The third-order valence-electron chi connectivity index (χ3n) is 4.61. The Kier molecular flexibility index (Phi) is 5.95. The summed E-state index contributed by atoms with van der Waals surface area (Å²) in [6, 6.07) is 19.8. The number of nitrogens with one attached hydrogen (secondary N) is 1. The lowest BCUT2D eigenvalue weighted by atomic mass is 10.0. The molecule has 2 unspecified atom stereocenters. The van der Waals surface area contributed by atoms with Crippen LogP contribution in [0.25, 0.3) is 0 Å². The maximum Gasteiger partial charge on any atom is 0.170 e. The minimum absolute atomic E-state index is 0.104. The molecular formula is C21H21N3O2S2. The Morgan fingerprint density at radius 3 is 2.68 bits per heavy atom. The lowest BCUT2D eigenvalue weighted by Crippen LogP contribution is -2.30. The number of hydrogen-bond acceptors (Lipinski definition) is 5. The van der Waals surface area contributed by atoms with Crippen LogP contribution in [0.2, 0.25) is 0 Å². The summed E-state index contributed by atoms with van der Waals surface area (Å²) in [7, 11) is 0. The number of rotatable bonds is 7. The molecule has 2 N–H and O–H groups in total. The third kappa shape index (κ3) is 4.06. The van der Waals surface area contributed by atoms with Crippen molar-refractivity contribution in [2.75, 3.05) is 13.2 Å². The molecule has 0 bridgehead atoms. The highest BCUT2D eigenvalue weighted by Gasteiger charge is 2.41. The Labute approximate surface area is 173 Å². The monoisotopic (exact) mass is 411 g/mol. The predicted octanol–water partition coefficient (Wildman–Crippen LogP) is 4.18. The van der Waals surface area contributed by atoms with E-state index in [9.17, 15) is 5.11 Å². The number of hydrogen-bond donors (Lipinski definition) is 2. The van der Waals surface area contributed by atoms with Crippen LogP contribution in [-0.4, -0.2) is 33.3 Å². The van der Waals surface area contributed by atoms with E-state index in [1.165, 1.54) is 0 Å². The molecule has 7 heteroatoms. The summed E-state index contributed by atoms with van der Waals surface area (Å²) < 4.78 is 6.21. The van der Waals surface area contributed by atoms with Gasteiger partial charge in [-0.15, -0.1) is 0 Å². The quantitative estimate of drug-likeness (QED) is 0.566. The maximum atomic E-state index is 9.29. The Hall–Kier alpha value is -2.35. The standard InChI is InChI=1S/C21H21N3O2S2/c25-14-6-13-24-20(19(23-21(24)27)16-9-4-5-12-22-16)17-10-11-18(26-17)28-15-7-2-1-3-8-15/h1-5,7-12,19-20,25H,6,13-14H2,(H,23,27). The van der Waals surface area contributed by atoms with Gasteiger partial charge < -0.3 is 19.7 Å². The molecule has 2 atom stereocenters. The molecule has 144 valence electrons. The Morgan fingerprint density at radius 2 is 1.93 bits per heavy atom. The second kappa shape index (κ2) is 8.77. The fourth-order valence-electron chi connectivity index (χ4n) is 3.35. The Morgan fingerprint density at radius 1 is 1.11 bits per heavy atom. The first-order valence-electron chi connectivity index (χ1n) is 9.18. The van der Waals surface area contributed by atoms with E-state index in [4.69, 9.17) is 16.6 Å². The molecule has 1 aliphatic heterocycles. The molecule has 0 aliphatic carbocycles. The van der Waals surface area contributed by atoms with E-state index >= 15 is 0 Å². The first kappa shape index (κ1) is 19.0. The van der Waals surface area contributed by atoms with E-state index in [0.29, 0.717) is 18.1 Å². The van der Waals surface area contributed by atoms with Crippen LogP contribution in [0.1, 0.15) is 30.0 Å². The summed E-state index contributed by atoms with van der Waals surface area (Å²) in [4.78, 5) is 7.73. The van der Waals surface area contributed by atoms with Crippen molar-refractivity contribution in [2.24, 2.45) is 0 Å². The molecule has 0 saturated carbocycles. The lowest BCUT2D eigenvalue weighted by Gasteiger charge is -2.25. The number of benzene rings is 1. The number of aliphatic hydroxyl groups excluding tert-OH is 1. The first-order chi connectivity index (χ1) is 13.8. The number of nitrogens with zero attached hydrogens (tertiary/aromatic N) is 2. The zero-order valence-electron chi connectivity index (χ0n) is 15.2. The largest absolute Gasteiger partial charge is 0.452 e. The molecule has 0 radical (unpaired) electrons. The highest BCUT2D eigenvalue weighted by atomic mass is 32.2. The molecule has 3 heterocycles. The highest BCUT2D eigenvalue weighted by molar-refractivity contribution is 7.99. The van der Waals surface area contributed by atoms with E-state index < -0.39 is 0 Å². The van der Waals surface area contributed by atoms with Crippen molar-refractivity contribution in [2.45, 2.75) is 28.5 Å². The molecule has 1 fully saturated rings. The maximum absolute atomic E-state index is 9.29. The van der Waals surface area contributed by atoms with Gasteiger partial charge in [0.15, 0.2) is 10.2 Å². The minimum atomic E-state index is -0.112. The van der Waals surface area contributed by atoms with Crippen molar-refractivity contribution in [1.29, 1.82) is 0 Å².